The Kier molecular flexibility index (Phi) is 19.1. The molecule has 0 atom stereocenters. The first kappa shape index (κ1) is 36.6. The van der Waals surface area contributed by atoms with E-state index < -0.39 is 15.8 Å². The van der Waals surface area contributed by atoms with Gasteiger partial charge in [-0.25, -0.2) is 0 Å². The Morgan fingerprint density at radius 3 is 0.523 bits per heavy atom. The van der Waals surface area contributed by atoms with E-state index in [2.05, 4.69) is 205 Å². The minimum atomic E-state index is -0.877. The van der Waals surface area contributed by atoms with Crippen LogP contribution in [0.25, 0.3) is 0 Å². The standard InChI is InChI=1S/2C18H15P.2CHO.ClH.Ru/c2*1-4-10-16(11-5-1)19(17-12-6-2-7-13-17)18-14-8-3-9-15-18;2*1-2;;/h2*1-15H;2*1H;1H;/q;;2*-1;;+3/p+1. The van der Waals surface area contributed by atoms with E-state index in [4.69, 9.17) is 9.59 Å². The van der Waals surface area contributed by atoms with Crippen LogP contribution in [0, 0.1) is 0 Å². The van der Waals surface area contributed by atoms with Gasteiger partial charge in [-0.15, -0.1) is 0 Å². The second kappa shape index (κ2) is 22.9. The summed E-state index contributed by atoms with van der Waals surface area (Å²) in [4.78, 5) is 15.5. The summed E-state index contributed by atoms with van der Waals surface area (Å²) in [5.41, 5.74) is 0. The van der Waals surface area contributed by atoms with Crippen molar-refractivity contribution < 1.29 is 26.9 Å². The molecule has 6 heteroatoms. The van der Waals surface area contributed by atoms with Gasteiger partial charge in [-0.2, -0.15) is 0 Å². The van der Waals surface area contributed by atoms with Gasteiger partial charge in [0.15, 0.2) is 0 Å². The topological polar surface area (TPSA) is 34.1 Å². The van der Waals surface area contributed by atoms with Crippen LogP contribution in [0.2, 0.25) is 0 Å². The second-order valence-corrected chi connectivity index (χ2v) is 13.9. The molecule has 0 aliphatic heterocycles. The van der Waals surface area contributed by atoms with Crippen molar-refractivity contribution in [1.82, 2.24) is 0 Å². The van der Waals surface area contributed by atoms with Crippen LogP contribution in [-0.4, -0.2) is 13.6 Å². The molecule has 0 N–H and O–H groups in total. The number of halogens is 1. The SMILES string of the molecule is [CH-]=O.[CH-]=O.[Cl][Ru+2].c1ccc([PH+](c2ccccc2)c2ccccc2)cc1.c1ccc([PH+](c2ccccc2)c2ccccc2)cc1. The zero-order valence-corrected chi connectivity index (χ0v) is 28.5. The summed E-state index contributed by atoms with van der Waals surface area (Å²) in [5.74, 6) is 0. The largest absolute Gasteiger partial charge is 0.102 e. The Morgan fingerprint density at radius 2 is 0.409 bits per heavy atom. The molecule has 0 aliphatic rings. The van der Waals surface area contributed by atoms with E-state index in [1.807, 2.05) is 17.3 Å². The van der Waals surface area contributed by atoms with Crippen LogP contribution >= 0.6 is 25.5 Å². The first-order chi connectivity index (χ1) is 21.9. The summed E-state index contributed by atoms with van der Waals surface area (Å²) in [5, 5.41) is 8.61. The van der Waals surface area contributed by atoms with E-state index in [9.17, 15) is 0 Å². The average molecular weight is 721 g/mol. The van der Waals surface area contributed by atoms with Gasteiger partial charge >= 0.3 is 27.0 Å². The van der Waals surface area contributed by atoms with Gasteiger partial charge in [-0.3, -0.25) is 13.6 Å². The minimum absolute atomic E-state index is 0.877. The van der Waals surface area contributed by atoms with Crippen molar-refractivity contribution in [3.63, 3.8) is 0 Å². The third-order valence-electron chi connectivity index (χ3n) is 6.37. The summed E-state index contributed by atoms with van der Waals surface area (Å²) < 4.78 is 0. The number of hydrogen-bond donors (Lipinski definition) is 0. The van der Waals surface area contributed by atoms with Crippen LogP contribution in [0.15, 0.2) is 182 Å². The summed E-state index contributed by atoms with van der Waals surface area (Å²) in [6.45, 7) is 6.50. The minimum Gasteiger partial charge on any atom is -0.0620 e. The molecule has 0 bridgehead atoms. The molecule has 0 spiro atoms. The molecule has 2 nitrogen and oxygen atoms in total. The first-order valence-corrected chi connectivity index (χ1v) is 18.8. The quantitative estimate of drug-likeness (QED) is 0.0854. The van der Waals surface area contributed by atoms with Crippen LogP contribution in [0.1, 0.15) is 0 Å². The number of benzene rings is 6. The van der Waals surface area contributed by atoms with E-state index in [0.29, 0.717) is 0 Å². The monoisotopic (exact) mass is 721 g/mol. The molecule has 0 fully saturated rings. The fourth-order valence-corrected chi connectivity index (χ4v) is 9.78. The first-order valence-electron chi connectivity index (χ1n) is 13.6. The van der Waals surface area contributed by atoms with Crippen molar-refractivity contribution in [3.8, 4) is 0 Å². The fraction of sp³-hybridized carbons (Fsp3) is 0. The van der Waals surface area contributed by atoms with E-state index in [-0.39, 0.29) is 0 Å². The maximum Gasteiger partial charge on any atom is 0.102 e. The van der Waals surface area contributed by atoms with Crippen molar-refractivity contribution in [2.75, 3.05) is 0 Å². The average Bonchev–Trinajstić information content (AvgIpc) is 3.14. The maximum atomic E-state index is 7.75. The zero-order chi connectivity index (χ0) is 31.8. The summed E-state index contributed by atoms with van der Waals surface area (Å²) in [6.07, 6.45) is 0. The van der Waals surface area contributed by atoms with Crippen molar-refractivity contribution in [2.45, 2.75) is 0 Å². The molecule has 0 saturated heterocycles. The van der Waals surface area contributed by atoms with Crippen LogP contribution in [0.3, 0.4) is 0 Å². The Labute approximate surface area is 278 Å². The summed E-state index contributed by atoms with van der Waals surface area (Å²) in [6, 6.07) is 65.0. The van der Waals surface area contributed by atoms with Gasteiger partial charge in [-0.05, 0) is 72.8 Å². The third kappa shape index (κ3) is 11.5. The molecule has 44 heavy (non-hydrogen) atoms. The molecule has 6 rings (SSSR count). The van der Waals surface area contributed by atoms with E-state index in [1.54, 1.807) is 0 Å². The normalized spacial score (nSPS) is 9.43. The molecule has 0 unspecified atom stereocenters. The smallest absolute Gasteiger partial charge is 0.0620 e. The maximum absolute atomic E-state index is 7.75. The molecule has 6 aromatic rings. The van der Waals surface area contributed by atoms with Crippen molar-refractivity contribution in [3.05, 3.63) is 182 Å². The van der Waals surface area contributed by atoms with Gasteiger partial charge in [0.05, 0.1) is 15.8 Å². The number of carbonyl (C=O) groups excluding carboxylic acids is 2. The Hall–Kier alpha value is -3.57. The van der Waals surface area contributed by atoms with E-state index in [1.165, 1.54) is 31.8 Å². The van der Waals surface area contributed by atoms with Gasteiger partial charge in [-0.1, -0.05) is 109 Å². The molecule has 0 heterocycles. The van der Waals surface area contributed by atoms with Gasteiger partial charge in [0, 0.05) is 0 Å². The van der Waals surface area contributed by atoms with E-state index >= 15 is 0 Å². The number of rotatable bonds is 6. The Morgan fingerprint density at radius 1 is 0.295 bits per heavy atom. The Balaban J connectivity index is 0.000000263. The molecular weight excluding hydrogens is 687 g/mol. The predicted octanol–water partition coefficient (Wildman–Crippen LogP) is 6.49. The predicted molar refractivity (Wildman–Crippen MR) is 192 cm³/mol. The molecule has 6 aromatic carbocycles. The van der Waals surface area contributed by atoms with Gasteiger partial charge in [0.1, 0.15) is 31.8 Å². The fourth-order valence-electron chi connectivity index (χ4n) is 4.63. The second-order valence-electron chi connectivity index (χ2n) is 8.95. The zero-order valence-electron chi connectivity index (χ0n) is 24.0. The van der Waals surface area contributed by atoms with E-state index in [0.717, 1.165) is 0 Å². The van der Waals surface area contributed by atoms with Gasteiger partial charge in [0.25, 0.3) is 0 Å². The van der Waals surface area contributed by atoms with Crippen LogP contribution in [0.4, 0.5) is 0 Å². The molecule has 0 aromatic heterocycles. The van der Waals surface area contributed by atoms with Crippen molar-refractivity contribution >= 4 is 70.9 Å². The van der Waals surface area contributed by atoms with Crippen LogP contribution in [0.5, 0.6) is 0 Å². The third-order valence-corrected chi connectivity index (χ3v) is 11.8. The van der Waals surface area contributed by atoms with Crippen molar-refractivity contribution in [2.24, 2.45) is 0 Å². The number of hydrogen-bond acceptors (Lipinski definition) is 2. The molecule has 0 radical (unpaired) electrons. The molecule has 221 valence electrons. The summed E-state index contributed by atoms with van der Waals surface area (Å²) in [7, 11) is 2.81. The molecular formula is C38H34ClO2P2Ru+2. The van der Waals surface area contributed by atoms with Crippen LogP contribution < -0.4 is 31.8 Å². The van der Waals surface area contributed by atoms with Crippen LogP contribution in [-0.2, 0) is 26.9 Å². The van der Waals surface area contributed by atoms with Crippen molar-refractivity contribution in [1.29, 1.82) is 0 Å². The van der Waals surface area contributed by atoms with Gasteiger partial charge < -0.3 is 9.59 Å². The Bertz CT molecular complexity index is 1220. The molecule has 0 amide bonds. The molecule has 0 aliphatic carbocycles. The summed E-state index contributed by atoms with van der Waals surface area (Å²) >= 11 is 1.82. The van der Waals surface area contributed by atoms with Gasteiger partial charge in [0.2, 0.25) is 0 Å². The molecule has 0 saturated carbocycles.